The van der Waals surface area contributed by atoms with Gasteiger partial charge in [0.25, 0.3) is 0 Å². The van der Waals surface area contributed by atoms with Crippen molar-refractivity contribution in [2.24, 2.45) is 5.73 Å². The maximum Gasteiger partial charge on any atom is 0.302 e. The van der Waals surface area contributed by atoms with Crippen LogP contribution in [0.1, 0.15) is 19.8 Å². The van der Waals surface area contributed by atoms with Gasteiger partial charge in [-0.15, -0.1) is 12.4 Å². The fourth-order valence-corrected chi connectivity index (χ4v) is 1.56. The zero-order valence-corrected chi connectivity index (χ0v) is 8.74. The number of carbonyl (C=O) groups is 1. The van der Waals surface area contributed by atoms with E-state index in [0.29, 0.717) is 12.8 Å². The summed E-state index contributed by atoms with van der Waals surface area (Å²) in [5, 5.41) is 18.7. The van der Waals surface area contributed by atoms with Gasteiger partial charge in [0.05, 0.1) is 6.10 Å². The maximum absolute atomic E-state index is 10.6. The van der Waals surface area contributed by atoms with Crippen molar-refractivity contribution in [2.45, 2.75) is 44.1 Å². The van der Waals surface area contributed by atoms with Gasteiger partial charge in [0, 0.05) is 19.4 Å². The van der Waals surface area contributed by atoms with Gasteiger partial charge in [-0.3, -0.25) is 4.79 Å². The Labute approximate surface area is 88.6 Å². The third-order valence-corrected chi connectivity index (χ3v) is 2.17. The first kappa shape index (κ1) is 13.6. The van der Waals surface area contributed by atoms with Gasteiger partial charge in [0.1, 0.15) is 12.2 Å². The van der Waals surface area contributed by atoms with E-state index in [-0.39, 0.29) is 18.4 Å². The maximum atomic E-state index is 10.6. The van der Waals surface area contributed by atoms with Crippen LogP contribution in [0.15, 0.2) is 0 Å². The lowest BCUT2D eigenvalue weighted by Gasteiger charge is -2.34. The lowest BCUT2D eigenvalue weighted by molar-refractivity contribution is -0.163. The van der Waals surface area contributed by atoms with Crippen molar-refractivity contribution in [1.29, 1.82) is 0 Å². The second-order valence-corrected chi connectivity index (χ2v) is 3.44. The third kappa shape index (κ3) is 3.42. The molecule has 5 nitrogen and oxygen atoms in total. The predicted molar refractivity (Wildman–Crippen MR) is 52.0 cm³/mol. The molecule has 0 heterocycles. The van der Waals surface area contributed by atoms with Crippen molar-refractivity contribution < 1.29 is 19.7 Å². The summed E-state index contributed by atoms with van der Waals surface area (Å²) in [6.07, 6.45) is -1.83. The van der Waals surface area contributed by atoms with Crippen molar-refractivity contribution in [3.63, 3.8) is 0 Å². The third-order valence-electron chi connectivity index (χ3n) is 2.17. The van der Waals surface area contributed by atoms with Crippen LogP contribution < -0.4 is 5.73 Å². The quantitative estimate of drug-likeness (QED) is 0.508. The summed E-state index contributed by atoms with van der Waals surface area (Å²) in [7, 11) is 0. The van der Waals surface area contributed by atoms with Gasteiger partial charge in [-0.25, -0.2) is 0 Å². The van der Waals surface area contributed by atoms with Crippen molar-refractivity contribution in [3.8, 4) is 0 Å². The van der Waals surface area contributed by atoms with Crippen LogP contribution in [-0.4, -0.2) is 40.5 Å². The highest BCUT2D eigenvalue weighted by molar-refractivity contribution is 5.85. The molecule has 0 spiro atoms. The van der Waals surface area contributed by atoms with Crippen molar-refractivity contribution in [3.05, 3.63) is 0 Å². The Bertz CT molecular complexity index is 202. The largest absolute Gasteiger partial charge is 0.460 e. The number of esters is 1. The zero-order chi connectivity index (χ0) is 10.0. The summed E-state index contributed by atoms with van der Waals surface area (Å²) in [5.74, 6) is -0.467. The van der Waals surface area contributed by atoms with Gasteiger partial charge in [0.15, 0.2) is 0 Å². The summed E-state index contributed by atoms with van der Waals surface area (Å²) in [6, 6.07) is -0.220. The van der Waals surface area contributed by atoms with Gasteiger partial charge in [0.2, 0.25) is 0 Å². The Morgan fingerprint density at radius 2 is 2.00 bits per heavy atom. The number of aliphatic hydroxyl groups is 2. The van der Waals surface area contributed by atoms with E-state index in [4.69, 9.17) is 10.5 Å². The number of hydrogen-bond acceptors (Lipinski definition) is 5. The minimum absolute atomic E-state index is 0. The van der Waals surface area contributed by atoms with Crippen LogP contribution in [0.3, 0.4) is 0 Å². The Morgan fingerprint density at radius 1 is 1.43 bits per heavy atom. The Morgan fingerprint density at radius 3 is 2.50 bits per heavy atom. The van der Waals surface area contributed by atoms with Crippen molar-refractivity contribution >= 4 is 18.4 Å². The molecule has 1 aliphatic carbocycles. The van der Waals surface area contributed by atoms with E-state index in [1.807, 2.05) is 0 Å². The highest BCUT2D eigenvalue weighted by Gasteiger charge is 2.36. The van der Waals surface area contributed by atoms with Gasteiger partial charge in [-0.05, 0) is 6.42 Å². The number of carbonyl (C=O) groups excluding carboxylic acids is 1. The monoisotopic (exact) mass is 225 g/mol. The molecule has 1 rings (SSSR count). The molecule has 0 aromatic carbocycles. The van der Waals surface area contributed by atoms with E-state index < -0.39 is 24.3 Å². The molecule has 0 bridgehead atoms. The topological polar surface area (TPSA) is 92.8 Å². The Kier molecular flexibility index (Phi) is 5.36. The summed E-state index contributed by atoms with van der Waals surface area (Å²) < 4.78 is 4.82. The van der Waals surface area contributed by atoms with E-state index >= 15 is 0 Å². The summed E-state index contributed by atoms with van der Waals surface area (Å²) >= 11 is 0. The molecule has 4 atom stereocenters. The zero-order valence-electron chi connectivity index (χ0n) is 7.92. The number of aliphatic hydroxyl groups excluding tert-OH is 2. The molecule has 1 aliphatic rings. The molecule has 0 amide bonds. The molecule has 6 heteroatoms. The molecule has 0 unspecified atom stereocenters. The lowest BCUT2D eigenvalue weighted by atomic mass is 9.88. The molecule has 0 radical (unpaired) electrons. The fourth-order valence-electron chi connectivity index (χ4n) is 1.56. The second kappa shape index (κ2) is 5.50. The SMILES string of the molecule is CC(=O)O[C@@H]1C[C@H](N)C[C@@H](O)[C@H]1O.Cl. The molecular formula is C8H16ClNO4. The minimum atomic E-state index is -1.01. The van der Waals surface area contributed by atoms with Gasteiger partial charge in [-0.1, -0.05) is 0 Å². The van der Waals surface area contributed by atoms with Gasteiger partial charge >= 0.3 is 5.97 Å². The Balaban J connectivity index is 0.00000169. The average Bonchev–Trinajstić information content (AvgIpc) is 1.98. The van der Waals surface area contributed by atoms with Crippen LogP contribution in [0.2, 0.25) is 0 Å². The van der Waals surface area contributed by atoms with E-state index in [1.165, 1.54) is 6.92 Å². The minimum Gasteiger partial charge on any atom is -0.460 e. The molecule has 0 aromatic rings. The number of rotatable bonds is 1. The molecule has 84 valence electrons. The molecule has 0 aliphatic heterocycles. The highest BCUT2D eigenvalue weighted by Crippen LogP contribution is 2.21. The molecule has 1 saturated carbocycles. The molecular weight excluding hydrogens is 210 g/mol. The predicted octanol–water partition coefficient (Wildman–Crippen LogP) is -0.817. The van der Waals surface area contributed by atoms with E-state index in [0.717, 1.165) is 0 Å². The number of halogens is 1. The lowest BCUT2D eigenvalue weighted by Crippen LogP contribution is -2.50. The first-order chi connectivity index (χ1) is 6.00. The summed E-state index contributed by atoms with van der Waals surface area (Å²) in [5.41, 5.74) is 5.59. The van der Waals surface area contributed by atoms with Crippen molar-refractivity contribution in [2.75, 3.05) is 0 Å². The molecule has 1 fully saturated rings. The van der Waals surface area contributed by atoms with Crippen LogP contribution in [0.25, 0.3) is 0 Å². The first-order valence-corrected chi connectivity index (χ1v) is 4.29. The molecule has 0 aromatic heterocycles. The van der Waals surface area contributed by atoms with E-state index in [9.17, 15) is 15.0 Å². The molecule has 4 N–H and O–H groups in total. The van der Waals surface area contributed by atoms with Crippen LogP contribution in [0, 0.1) is 0 Å². The molecule has 14 heavy (non-hydrogen) atoms. The van der Waals surface area contributed by atoms with Crippen LogP contribution in [-0.2, 0) is 9.53 Å². The molecule has 0 saturated heterocycles. The van der Waals surface area contributed by atoms with Gasteiger partial charge in [-0.2, -0.15) is 0 Å². The second-order valence-electron chi connectivity index (χ2n) is 3.44. The summed E-state index contributed by atoms with van der Waals surface area (Å²) in [4.78, 5) is 10.6. The fraction of sp³-hybridized carbons (Fsp3) is 0.875. The first-order valence-electron chi connectivity index (χ1n) is 4.29. The van der Waals surface area contributed by atoms with Gasteiger partial charge < -0.3 is 20.7 Å². The van der Waals surface area contributed by atoms with Crippen LogP contribution in [0.4, 0.5) is 0 Å². The Hall–Kier alpha value is -0.360. The van der Waals surface area contributed by atoms with E-state index in [2.05, 4.69) is 0 Å². The smallest absolute Gasteiger partial charge is 0.302 e. The normalized spacial score (nSPS) is 37.1. The summed E-state index contributed by atoms with van der Waals surface area (Å²) in [6.45, 7) is 1.26. The number of ether oxygens (including phenoxy) is 1. The number of nitrogens with two attached hydrogens (primary N) is 1. The highest BCUT2D eigenvalue weighted by atomic mass is 35.5. The van der Waals surface area contributed by atoms with Crippen LogP contribution >= 0.6 is 12.4 Å². The standard InChI is InChI=1S/C8H15NO4.ClH/c1-4(10)13-7-3-5(9)2-6(11)8(7)12;/h5-8,11-12H,2-3,9H2,1H3;1H/t5-,6-,7-,8-;/m1./s1. The van der Waals surface area contributed by atoms with E-state index in [1.54, 1.807) is 0 Å². The average molecular weight is 226 g/mol. The number of hydrogen-bond donors (Lipinski definition) is 3. The van der Waals surface area contributed by atoms with Crippen molar-refractivity contribution in [1.82, 2.24) is 0 Å². The van der Waals surface area contributed by atoms with Crippen LogP contribution in [0.5, 0.6) is 0 Å².